The van der Waals surface area contributed by atoms with Crippen LogP contribution >= 0.6 is 0 Å². The quantitative estimate of drug-likeness (QED) is 0.799. The Hall–Kier alpha value is -2.53. The molecule has 1 aliphatic heterocycles. The summed E-state index contributed by atoms with van der Waals surface area (Å²) in [6, 6.07) is 12.7. The highest BCUT2D eigenvalue weighted by Gasteiger charge is 2.46. The molecule has 126 valence electrons. The van der Waals surface area contributed by atoms with Crippen molar-refractivity contribution in [2.24, 2.45) is 5.92 Å². The molecule has 3 heterocycles. The summed E-state index contributed by atoms with van der Waals surface area (Å²) >= 11 is 0. The van der Waals surface area contributed by atoms with Crippen molar-refractivity contribution < 1.29 is 5.11 Å². The van der Waals surface area contributed by atoms with Crippen LogP contribution < -0.4 is 4.90 Å². The fourth-order valence-corrected chi connectivity index (χ4v) is 4.54. The highest BCUT2D eigenvalue weighted by Crippen LogP contribution is 2.45. The second kappa shape index (κ2) is 5.77. The topological polar surface area (TPSA) is 62.1 Å². The van der Waals surface area contributed by atoms with E-state index in [1.54, 1.807) is 12.4 Å². The smallest absolute Gasteiger partial charge is 0.163 e. The number of anilines is 1. The van der Waals surface area contributed by atoms with Crippen LogP contribution in [-0.4, -0.2) is 38.7 Å². The van der Waals surface area contributed by atoms with Gasteiger partial charge in [-0.2, -0.15) is 0 Å². The summed E-state index contributed by atoms with van der Waals surface area (Å²) < 4.78 is 0. The Bertz CT molecular complexity index is 914. The number of hydrogen-bond donors (Lipinski definition) is 1. The van der Waals surface area contributed by atoms with Gasteiger partial charge in [-0.05, 0) is 49.4 Å². The molecule has 0 radical (unpaired) electrons. The lowest BCUT2D eigenvalue weighted by molar-refractivity contribution is 0.228. The Morgan fingerprint density at radius 1 is 1.08 bits per heavy atom. The Balaban J connectivity index is 1.71. The largest absolute Gasteiger partial charge is 0.394 e. The Kier molecular flexibility index (Phi) is 3.41. The molecule has 25 heavy (non-hydrogen) atoms. The van der Waals surface area contributed by atoms with Gasteiger partial charge in [-0.25, -0.2) is 9.97 Å². The minimum atomic E-state index is 0.166. The zero-order valence-electron chi connectivity index (χ0n) is 13.9. The Labute approximate surface area is 146 Å². The number of benzene rings is 1. The number of nitrogens with zero attached hydrogens (tertiary/aromatic N) is 4. The predicted molar refractivity (Wildman–Crippen MR) is 97.3 cm³/mol. The number of hydrogen-bond acceptors (Lipinski definition) is 5. The Morgan fingerprint density at radius 2 is 2.00 bits per heavy atom. The van der Waals surface area contributed by atoms with Crippen LogP contribution in [-0.2, 0) is 0 Å². The molecular formula is C20H20N4O. The molecule has 2 aromatic heterocycles. The fourth-order valence-electron chi connectivity index (χ4n) is 4.54. The maximum absolute atomic E-state index is 9.98. The molecule has 3 aromatic rings. The van der Waals surface area contributed by atoms with Gasteiger partial charge in [0.05, 0.1) is 18.2 Å². The van der Waals surface area contributed by atoms with Gasteiger partial charge in [0.15, 0.2) is 5.82 Å². The number of piperidine rings is 1. The predicted octanol–water partition coefficient (Wildman–Crippen LogP) is 3.04. The van der Waals surface area contributed by atoms with E-state index in [4.69, 9.17) is 9.97 Å². The monoisotopic (exact) mass is 332 g/mol. The van der Waals surface area contributed by atoms with Gasteiger partial charge in [0.1, 0.15) is 5.82 Å². The highest BCUT2D eigenvalue weighted by molar-refractivity contribution is 5.91. The van der Waals surface area contributed by atoms with E-state index in [2.05, 4.69) is 16.0 Å². The molecule has 1 aromatic carbocycles. The summed E-state index contributed by atoms with van der Waals surface area (Å²) in [5.74, 6) is 2.22. The third kappa shape index (κ3) is 2.30. The number of aliphatic hydroxyl groups excluding tert-OH is 1. The number of para-hydroxylation sites is 1. The average molecular weight is 332 g/mol. The van der Waals surface area contributed by atoms with Crippen molar-refractivity contribution in [3.05, 3.63) is 48.8 Å². The van der Waals surface area contributed by atoms with E-state index in [-0.39, 0.29) is 12.6 Å². The molecule has 3 atom stereocenters. The normalized spacial score (nSPS) is 25.0. The summed E-state index contributed by atoms with van der Waals surface area (Å²) in [5.41, 5.74) is 1.85. The molecule has 1 saturated carbocycles. The minimum absolute atomic E-state index is 0.166. The first kappa shape index (κ1) is 14.8. The van der Waals surface area contributed by atoms with Crippen LogP contribution in [0.15, 0.2) is 48.8 Å². The summed E-state index contributed by atoms with van der Waals surface area (Å²) in [7, 11) is 0. The van der Waals surface area contributed by atoms with E-state index in [9.17, 15) is 5.11 Å². The molecule has 3 unspecified atom stereocenters. The first-order valence-electron chi connectivity index (χ1n) is 8.91. The maximum Gasteiger partial charge on any atom is 0.163 e. The number of aromatic nitrogens is 3. The van der Waals surface area contributed by atoms with Gasteiger partial charge in [0.2, 0.25) is 0 Å². The van der Waals surface area contributed by atoms with Gasteiger partial charge in [0, 0.05) is 29.4 Å². The molecule has 5 heteroatoms. The van der Waals surface area contributed by atoms with Crippen LogP contribution in [0, 0.1) is 5.92 Å². The molecule has 2 fully saturated rings. The van der Waals surface area contributed by atoms with E-state index in [1.807, 2.05) is 30.3 Å². The van der Waals surface area contributed by atoms with Crippen LogP contribution in [0.5, 0.6) is 0 Å². The number of rotatable bonds is 3. The summed E-state index contributed by atoms with van der Waals surface area (Å²) in [6.45, 7) is 0.182. The van der Waals surface area contributed by atoms with Crippen molar-refractivity contribution in [3.8, 4) is 11.4 Å². The lowest BCUT2D eigenvalue weighted by Crippen LogP contribution is -2.43. The average Bonchev–Trinajstić information content (AvgIpc) is 3.29. The summed E-state index contributed by atoms with van der Waals surface area (Å²) in [5, 5.41) is 11.0. The SMILES string of the molecule is OCC1C2CCC(C2)N1c1nc(-c2cccnc2)nc2ccccc12. The number of pyridine rings is 1. The van der Waals surface area contributed by atoms with Crippen LogP contribution in [0.25, 0.3) is 22.3 Å². The molecule has 5 nitrogen and oxygen atoms in total. The van der Waals surface area contributed by atoms with Crippen molar-refractivity contribution in [1.82, 2.24) is 15.0 Å². The van der Waals surface area contributed by atoms with Gasteiger partial charge in [0.25, 0.3) is 0 Å². The van der Waals surface area contributed by atoms with Crippen molar-refractivity contribution in [2.45, 2.75) is 31.3 Å². The Morgan fingerprint density at radius 3 is 2.84 bits per heavy atom. The molecule has 1 N–H and O–H groups in total. The van der Waals surface area contributed by atoms with Crippen molar-refractivity contribution in [2.75, 3.05) is 11.5 Å². The highest BCUT2D eigenvalue weighted by atomic mass is 16.3. The van der Waals surface area contributed by atoms with Gasteiger partial charge in [-0.15, -0.1) is 0 Å². The summed E-state index contributed by atoms with van der Waals surface area (Å²) in [4.78, 5) is 16.2. The van der Waals surface area contributed by atoms with Crippen LogP contribution in [0.3, 0.4) is 0 Å². The minimum Gasteiger partial charge on any atom is -0.394 e. The zero-order valence-corrected chi connectivity index (χ0v) is 13.9. The van der Waals surface area contributed by atoms with Crippen molar-refractivity contribution in [1.29, 1.82) is 0 Å². The zero-order chi connectivity index (χ0) is 16.8. The summed E-state index contributed by atoms with van der Waals surface area (Å²) in [6.07, 6.45) is 7.11. The molecule has 0 spiro atoms. The molecule has 0 amide bonds. The van der Waals surface area contributed by atoms with Gasteiger partial charge >= 0.3 is 0 Å². The molecular weight excluding hydrogens is 312 g/mol. The number of aliphatic hydroxyl groups is 1. The molecule has 1 aliphatic carbocycles. The fraction of sp³-hybridized carbons (Fsp3) is 0.350. The lowest BCUT2D eigenvalue weighted by atomic mass is 9.99. The van der Waals surface area contributed by atoms with Crippen LogP contribution in [0.4, 0.5) is 5.82 Å². The van der Waals surface area contributed by atoms with E-state index >= 15 is 0 Å². The standard InChI is InChI=1S/C20H20N4O/c25-12-18-13-7-8-15(10-13)24(18)20-16-5-1-2-6-17(16)22-19(23-20)14-4-3-9-21-11-14/h1-6,9,11,13,15,18,25H,7-8,10,12H2. The second-order valence-corrected chi connectivity index (χ2v) is 7.01. The van der Waals surface area contributed by atoms with Crippen molar-refractivity contribution in [3.63, 3.8) is 0 Å². The van der Waals surface area contributed by atoms with E-state index in [1.165, 1.54) is 12.8 Å². The third-order valence-corrected chi connectivity index (χ3v) is 5.67. The van der Waals surface area contributed by atoms with Gasteiger partial charge in [-0.1, -0.05) is 12.1 Å². The number of fused-ring (bicyclic) bond motifs is 3. The second-order valence-electron chi connectivity index (χ2n) is 7.01. The molecule has 5 rings (SSSR count). The third-order valence-electron chi connectivity index (χ3n) is 5.67. The maximum atomic E-state index is 9.98. The van der Waals surface area contributed by atoms with E-state index in [0.717, 1.165) is 28.7 Å². The first-order chi connectivity index (χ1) is 12.3. The molecule has 2 bridgehead atoms. The first-order valence-corrected chi connectivity index (χ1v) is 8.91. The molecule has 2 aliphatic rings. The van der Waals surface area contributed by atoms with Crippen LogP contribution in [0.2, 0.25) is 0 Å². The lowest BCUT2D eigenvalue weighted by Gasteiger charge is -2.36. The van der Waals surface area contributed by atoms with Gasteiger partial charge in [-0.3, -0.25) is 4.98 Å². The van der Waals surface area contributed by atoms with E-state index in [0.29, 0.717) is 17.8 Å². The molecule has 1 saturated heterocycles. The van der Waals surface area contributed by atoms with Crippen molar-refractivity contribution >= 4 is 16.7 Å². The van der Waals surface area contributed by atoms with E-state index < -0.39 is 0 Å². The van der Waals surface area contributed by atoms with Gasteiger partial charge < -0.3 is 10.0 Å². The van der Waals surface area contributed by atoms with Crippen LogP contribution in [0.1, 0.15) is 19.3 Å².